The van der Waals surface area contributed by atoms with Gasteiger partial charge in [0.1, 0.15) is 17.3 Å². The molecule has 132 valence electrons. The summed E-state index contributed by atoms with van der Waals surface area (Å²) in [6.45, 7) is 2.74. The van der Waals surface area contributed by atoms with Crippen molar-refractivity contribution in [3.8, 4) is 5.75 Å². The SMILES string of the molecule is COc1ccccc1C(CNc1cncc(C(N)=O)n1)N1CCCC1. The minimum absolute atomic E-state index is 0.151. The van der Waals surface area contributed by atoms with E-state index in [4.69, 9.17) is 10.5 Å². The smallest absolute Gasteiger partial charge is 0.268 e. The molecule has 1 unspecified atom stereocenters. The second-order valence-corrected chi connectivity index (χ2v) is 6.04. The Morgan fingerprint density at radius 3 is 2.80 bits per heavy atom. The summed E-state index contributed by atoms with van der Waals surface area (Å²) in [7, 11) is 1.69. The van der Waals surface area contributed by atoms with Gasteiger partial charge < -0.3 is 15.8 Å². The van der Waals surface area contributed by atoms with E-state index in [1.54, 1.807) is 13.3 Å². The zero-order valence-corrected chi connectivity index (χ0v) is 14.3. The van der Waals surface area contributed by atoms with Gasteiger partial charge in [0, 0.05) is 12.1 Å². The van der Waals surface area contributed by atoms with E-state index in [1.807, 2.05) is 18.2 Å². The van der Waals surface area contributed by atoms with E-state index < -0.39 is 5.91 Å². The number of rotatable bonds is 7. The Hall–Kier alpha value is -2.67. The highest BCUT2D eigenvalue weighted by Crippen LogP contribution is 2.31. The molecule has 3 N–H and O–H groups in total. The standard InChI is InChI=1S/C18H23N5O2/c1-25-16-7-3-2-6-13(16)15(23-8-4-5-9-23)11-21-17-12-20-10-14(22-17)18(19)24/h2-3,6-7,10,12,15H,4-5,8-9,11H2,1H3,(H2,19,24)(H,21,22). The number of nitrogens with one attached hydrogen (secondary N) is 1. The molecule has 1 fully saturated rings. The molecule has 2 aromatic rings. The predicted octanol–water partition coefficient (Wildman–Crippen LogP) is 1.83. The highest BCUT2D eigenvalue weighted by atomic mass is 16.5. The van der Waals surface area contributed by atoms with Crippen LogP contribution in [0.15, 0.2) is 36.7 Å². The number of primary amides is 1. The Morgan fingerprint density at radius 2 is 2.08 bits per heavy atom. The molecule has 1 atom stereocenters. The monoisotopic (exact) mass is 341 g/mol. The number of likely N-dealkylation sites (tertiary alicyclic amines) is 1. The summed E-state index contributed by atoms with van der Waals surface area (Å²) in [4.78, 5) is 21.9. The van der Waals surface area contributed by atoms with E-state index in [1.165, 1.54) is 19.0 Å². The lowest BCUT2D eigenvalue weighted by atomic mass is 10.0. The first kappa shape index (κ1) is 17.2. The van der Waals surface area contributed by atoms with Crippen LogP contribution in [0.5, 0.6) is 5.75 Å². The molecular formula is C18H23N5O2. The molecule has 0 spiro atoms. The van der Waals surface area contributed by atoms with Crippen LogP contribution in [0.25, 0.3) is 0 Å². The Morgan fingerprint density at radius 1 is 1.32 bits per heavy atom. The molecule has 0 bridgehead atoms. The van der Waals surface area contributed by atoms with Gasteiger partial charge in [-0.15, -0.1) is 0 Å². The van der Waals surface area contributed by atoms with Crippen molar-refractivity contribution in [2.75, 3.05) is 32.1 Å². The molecular weight excluding hydrogens is 318 g/mol. The Kier molecular flexibility index (Phi) is 5.45. The molecule has 7 nitrogen and oxygen atoms in total. The largest absolute Gasteiger partial charge is 0.496 e. The number of anilines is 1. The molecule has 2 heterocycles. The highest BCUT2D eigenvalue weighted by molar-refractivity contribution is 5.90. The lowest BCUT2D eigenvalue weighted by Gasteiger charge is -2.29. The highest BCUT2D eigenvalue weighted by Gasteiger charge is 2.25. The topological polar surface area (TPSA) is 93.4 Å². The molecule has 0 saturated carbocycles. The van der Waals surface area contributed by atoms with Gasteiger partial charge in [0.05, 0.1) is 25.5 Å². The number of methoxy groups -OCH3 is 1. The second kappa shape index (κ2) is 7.94. The van der Waals surface area contributed by atoms with E-state index in [9.17, 15) is 4.79 Å². The molecule has 1 amide bonds. The number of amides is 1. The fourth-order valence-electron chi connectivity index (χ4n) is 3.20. The normalized spacial score (nSPS) is 15.7. The third kappa shape index (κ3) is 4.06. The lowest BCUT2D eigenvalue weighted by molar-refractivity contribution is 0.0995. The fourth-order valence-corrected chi connectivity index (χ4v) is 3.20. The van der Waals surface area contributed by atoms with Gasteiger partial charge in [-0.1, -0.05) is 18.2 Å². The number of nitrogens with two attached hydrogens (primary N) is 1. The van der Waals surface area contributed by atoms with Gasteiger partial charge in [0.2, 0.25) is 0 Å². The summed E-state index contributed by atoms with van der Waals surface area (Å²) in [5.41, 5.74) is 6.56. The van der Waals surface area contributed by atoms with Gasteiger partial charge in [-0.2, -0.15) is 0 Å². The van der Waals surface area contributed by atoms with Crippen LogP contribution in [-0.2, 0) is 0 Å². The molecule has 25 heavy (non-hydrogen) atoms. The number of ether oxygens (including phenoxy) is 1. The van der Waals surface area contributed by atoms with Crippen LogP contribution in [0.3, 0.4) is 0 Å². The first-order valence-electron chi connectivity index (χ1n) is 8.41. The second-order valence-electron chi connectivity index (χ2n) is 6.04. The molecule has 1 aromatic carbocycles. The molecule has 0 radical (unpaired) electrons. The lowest BCUT2D eigenvalue weighted by Crippen LogP contribution is -2.31. The molecule has 1 aliphatic rings. The van der Waals surface area contributed by atoms with Crippen LogP contribution in [0.1, 0.15) is 34.9 Å². The van der Waals surface area contributed by atoms with Gasteiger partial charge in [0.15, 0.2) is 0 Å². The van der Waals surface area contributed by atoms with Crippen molar-refractivity contribution in [1.29, 1.82) is 0 Å². The quantitative estimate of drug-likeness (QED) is 0.798. The number of hydrogen-bond donors (Lipinski definition) is 2. The summed E-state index contributed by atoms with van der Waals surface area (Å²) >= 11 is 0. The van der Waals surface area contributed by atoms with Crippen LogP contribution in [0.2, 0.25) is 0 Å². The Balaban J connectivity index is 1.81. The summed E-state index contributed by atoms with van der Waals surface area (Å²) < 4.78 is 5.54. The average Bonchev–Trinajstić information content (AvgIpc) is 3.17. The third-order valence-corrected chi connectivity index (χ3v) is 4.44. The number of para-hydroxylation sites is 1. The van der Waals surface area contributed by atoms with E-state index in [0.29, 0.717) is 12.4 Å². The van der Waals surface area contributed by atoms with Crippen LogP contribution in [0, 0.1) is 0 Å². The van der Waals surface area contributed by atoms with Crippen molar-refractivity contribution in [2.24, 2.45) is 5.73 Å². The van der Waals surface area contributed by atoms with Crippen LogP contribution < -0.4 is 15.8 Å². The van der Waals surface area contributed by atoms with E-state index in [0.717, 1.165) is 24.4 Å². The van der Waals surface area contributed by atoms with E-state index in [-0.39, 0.29) is 11.7 Å². The Bertz CT molecular complexity index is 731. The minimum Gasteiger partial charge on any atom is -0.496 e. The predicted molar refractivity (Wildman–Crippen MR) is 95.6 cm³/mol. The maximum Gasteiger partial charge on any atom is 0.268 e. The fraction of sp³-hybridized carbons (Fsp3) is 0.389. The number of benzene rings is 1. The van der Waals surface area contributed by atoms with E-state index in [2.05, 4.69) is 26.3 Å². The van der Waals surface area contributed by atoms with Crippen molar-refractivity contribution in [2.45, 2.75) is 18.9 Å². The number of nitrogens with zero attached hydrogens (tertiary/aromatic N) is 3. The maximum atomic E-state index is 11.3. The summed E-state index contributed by atoms with van der Waals surface area (Å²) in [5.74, 6) is 0.825. The van der Waals surface area contributed by atoms with Crippen molar-refractivity contribution in [1.82, 2.24) is 14.9 Å². The molecule has 1 aliphatic heterocycles. The first-order chi connectivity index (χ1) is 12.2. The van der Waals surface area contributed by atoms with Gasteiger partial charge in [-0.3, -0.25) is 14.7 Å². The number of carbonyl (C=O) groups is 1. The van der Waals surface area contributed by atoms with Crippen LogP contribution >= 0.6 is 0 Å². The van der Waals surface area contributed by atoms with Crippen molar-refractivity contribution in [3.63, 3.8) is 0 Å². The summed E-state index contributed by atoms with van der Waals surface area (Å²) in [6, 6.07) is 8.21. The minimum atomic E-state index is -0.586. The number of hydrogen-bond acceptors (Lipinski definition) is 6. The molecule has 0 aliphatic carbocycles. The molecule has 1 saturated heterocycles. The summed E-state index contributed by atoms with van der Waals surface area (Å²) in [5, 5.41) is 3.29. The zero-order valence-electron chi connectivity index (χ0n) is 14.3. The summed E-state index contributed by atoms with van der Waals surface area (Å²) in [6.07, 6.45) is 5.35. The van der Waals surface area contributed by atoms with Crippen molar-refractivity contribution < 1.29 is 9.53 Å². The van der Waals surface area contributed by atoms with Crippen LogP contribution in [-0.4, -0.2) is 47.5 Å². The van der Waals surface area contributed by atoms with Gasteiger partial charge in [-0.05, 0) is 32.0 Å². The molecule has 7 heteroatoms. The van der Waals surface area contributed by atoms with Gasteiger partial charge in [0.25, 0.3) is 5.91 Å². The maximum absolute atomic E-state index is 11.3. The van der Waals surface area contributed by atoms with E-state index >= 15 is 0 Å². The van der Waals surface area contributed by atoms with Crippen molar-refractivity contribution in [3.05, 3.63) is 47.9 Å². The van der Waals surface area contributed by atoms with Gasteiger partial charge in [-0.25, -0.2) is 4.98 Å². The number of carbonyl (C=O) groups excluding carboxylic acids is 1. The Labute approximate surface area is 147 Å². The van der Waals surface area contributed by atoms with Crippen molar-refractivity contribution >= 4 is 11.7 Å². The first-order valence-corrected chi connectivity index (χ1v) is 8.41. The number of aromatic nitrogens is 2. The molecule has 1 aromatic heterocycles. The average molecular weight is 341 g/mol. The van der Waals surface area contributed by atoms with Gasteiger partial charge >= 0.3 is 0 Å². The van der Waals surface area contributed by atoms with Crippen LogP contribution in [0.4, 0.5) is 5.82 Å². The zero-order chi connectivity index (χ0) is 17.6. The third-order valence-electron chi connectivity index (χ3n) is 4.44. The molecule has 3 rings (SSSR count).